The number of hydrazone groups is 1. The van der Waals surface area contributed by atoms with Crippen molar-refractivity contribution in [3.05, 3.63) is 53.3 Å². The summed E-state index contributed by atoms with van der Waals surface area (Å²) in [6, 6.07) is 7.68. The number of rotatable bonds is 7. The molecule has 9 heteroatoms. The summed E-state index contributed by atoms with van der Waals surface area (Å²) in [6.45, 7) is -3.05. The van der Waals surface area contributed by atoms with Gasteiger partial charge in [0.1, 0.15) is 5.82 Å². The van der Waals surface area contributed by atoms with E-state index < -0.39 is 18.3 Å². The van der Waals surface area contributed by atoms with Gasteiger partial charge in [-0.3, -0.25) is 4.79 Å². The van der Waals surface area contributed by atoms with Crippen LogP contribution in [-0.4, -0.2) is 33.0 Å². The molecule has 1 N–H and O–H groups in total. The van der Waals surface area contributed by atoms with E-state index in [-0.39, 0.29) is 22.8 Å². The van der Waals surface area contributed by atoms with Crippen molar-refractivity contribution < 1.29 is 32.2 Å². The Kier molecular flexibility index (Phi) is 6.42. The van der Waals surface area contributed by atoms with Crippen molar-refractivity contribution in [2.75, 3.05) is 14.2 Å². The van der Waals surface area contributed by atoms with E-state index in [2.05, 4.69) is 15.3 Å². The molecule has 0 unspecified atom stereocenters. The van der Waals surface area contributed by atoms with E-state index in [1.807, 2.05) is 0 Å². The Balaban J connectivity index is 2.16. The maximum Gasteiger partial charge on any atom is 0.387 e. The lowest BCUT2D eigenvalue weighted by atomic mass is 10.2. The van der Waals surface area contributed by atoms with Crippen LogP contribution in [0.5, 0.6) is 17.2 Å². The Labute approximate surface area is 147 Å². The number of hydrogen-bond donors (Lipinski definition) is 1. The lowest BCUT2D eigenvalue weighted by molar-refractivity contribution is -0.0526. The lowest BCUT2D eigenvalue weighted by Gasteiger charge is -2.14. The van der Waals surface area contributed by atoms with Crippen LogP contribution >= 0.6 is 0 Å². The minimum atomic E-state index is -3.05. The van der Waals surface area contributed by atoms with Gasteiger partial charge in [0, 0.05) is 11.1 Å². The summed E-state index contributed by atoms with van der Waals surface area (Å²) >= 11 is 0. The van der Waals surface area contributed by atoms with Crippen LogP contribution < -0.4 is 19.6 Å². The molecule has 0 spiro atoms. The van der Waals surface area contributed by atoms with E-state index in [0.717, 1.165) is 12.1 Å². The Morgan fingerprint density at radius 2 is 1.69 bits per heavy atom. The molecule has 138 valence electrons. The van der Waals surface area contributed by atoms with E-state index in [1.165, 1.54) is 44.7 Å². The summed E-state index contributed by atoms with van der Waals surface area (Å²) < 4.78 is 52.3. The molecule has 0 bridgehead atoms. The number of ether oxygens (including phenoxy) is 3. The Morgan fingerprint density at radius 3 is 2.19 bits per heavy atom. The molecule has 1 amide bonds. The number of alkyl halides is 2. The maximum atomic E-state index is 12.8. The third-order valence-electron chi connectivity index (χ3n) is 3.18. The monoisotopic (exact) mass is 368 g/mol. The second-order valence-electron chi connectivity index (χ2n) is 4.84. The van der Waals surface area contributed by atoms with Gasteiger partial charge < -0.3 is 14.2 Å². The smallest absolute Gasteiger partial charge is 0.387 e. The molecule has 0 saturated carbocycles. The van der Waals surface area contributed by atoms with E-state index in [1.54, 1.807) is 0 Å². The lowest BCUT2D eigenvalue weighted by Crippen LogP contribution is -2.17. The van der Waals surface area contributed by atoms with Crippen molar-refractivity contribution in [2.45, 2.75) is 6.61 Å². The summed E-state index contributed by atoms with van der Waals surface area (Å²) in [6.07, 6.45) is 1.26. The summed E-state index contributed by atoms with van der Waals surface area (Å²) in [5, 5.41) is 3.76. The summed E-state index contributed by atoms with van der Waals surface area (Å²) in [7, 11) is 2.56. The highest BCUT2D eigenvalue weighted by molar-refractivity contribution is 5.94. The first-order valence-corrected chi connectivity index (χ1v) is 7.24. The first kappa shape index (κ1) is 19.1. The third-order valence-corrected chi connectivity index (χ3v) is 3.18. The largest absolute Gasteiger partial charge is 0.493 e. The van der Waals surface area contributed by atoms with Crippen molar-refractivity contribution in [3.63, 3.8) is 0 Å². The summed E-state index contributed by atoms with van der Waals surface area (Å²) in [5.74, 6) is -1.24. The van der Waals surface area contributed by atoms with Gasteiger partial charge in [0.15, 0.2) is 11.5 Å². The molecule has 6 nitrogen and oxygen atoms in total. The van der Waals surface area contributed by atoms with Crippen molar-refractivity contribution in [3.8, 4) is 17.2 Å². The molecule has 0 radical (unpaired) electrons. The van der Waals surface area contributed by atoms with Crippen molar-refractivity contribution in [2.24, 2.45) is 5.10 Å². The van der Waals surface area contributed by atoms with Crippen LogP contribution in [0.3, 0.4) is 0 Å². The zero-order chi connectivity index (χ0) is 19.1. The van der Waals surface area contributed by atoms with E-state index in [9.17, 15) is 18.0 Å². The Hall–Kier alpha value is -3.23. The average molecular weight is 368 g/mol. The highest BCUT2D eigenvalue weighted by Crippen LogP contribution is 2.39. The molecule has 0 heterocycles. The molecule has 0 atom stereocenters. The number of carbonyl (C=O) groups excluding carboxylic acids is 1. The van der Waals surface area contributed by atoms with Gasteiger partial charge in [-0.2, -0.15) is 13.9 Å². The molecule has 0 aliphatic carbocycles. The summed E-state index contributed by atoms with van der Waals surface area (Å²) in [4.78, 5) is 11.9. The first-order chi connectivity index (χ1) is 12.4. The number of halogens is 3. The SMILES string of the molecule is COc1cc(/C=N\NC(=O)c2ccc(F)cc2)cc(OC)c1OC(F)F. The molecule has 0 aliphatic heterocycles. The quantitative estimate of drug-likeness (QED) is 0.602. The predicted octanol–water partition coefficient (Wildman–Crippen LogP) is 3.21. The van der Waals surface area contributed by atoms with Gasteiger partial charge in [0.25, 0.3) is 5.91 Å². The number of hydrogen-bond acceptors (Lipinski definition) is 5. The topological polar surface area (TPSA) is 69.2 Å². The number of benzene rings is 2. The molecule has 0 saturated heterocycles. The van der Waals surface area contributed by atoms with Crippen LogP contribution in [0.2, 0.25) is 0 Å². The van der Waals surface area contributed by atoms with Gasteiger partial charge in [0.05, 0.1) is 20.4 Å². The van der Waals surface area contributed by atoms with Crippen molar-refractivity contribution in [1.29, 1.82) is 0 Å². The van der Waals surface area contributed by atoms with E-state index in [0.29, 0.717) is 5.56 Å². The second kappa shape index (κ2) is 8.75. The third kappa shape index (κ3) is 4.88. The zero-order valence-corrected chi connectivity index (χ0v) is 13.8. The predicted molar refractivity (Wildman–Crippen MR) is 87.6 cm³/mol. The molecule has 0 aliphatic rings. The standard InChI is InChI=1S/C17H15F3N2O4/c1-24-13-7-10(8-14(25-2)15(13)26-17(19)20)9-21-22-16(23)11-3-5-12(18)6-4-11/h3-9,17H,1-2H3,(H,22,23)/b21-9-. The van der Waals surface area contributed by atoms with Gasteiger partial charge >= 0.3 is 6.61 Å². The molecule has 0 aromatic heterocycles. The molecule has 2 aromatic rings. The number of nitrogens with one attached hydrogen (secondary N) is 1. The van der Waals surface area contributed by atoms with Crippen LogP contribution in [0, 0.1) is 5.82 Å². The fourth-order valence-corrected chi connectivity index (χ4v) is 2.01. The first-order valence-electron chi connectivity index (χ1n) is 7.24. The maximum absolute atomic E-state index is 12.8. The fraction of sp³-hybridized carbons (Fsp3) is 0.176. The Morgan fingerprint density at radius 1 is 1.12 bits per heavy atom. The molecule has 2 aromatic carbocycles. The minimum absolute atomic E-state index is 0.0101. The van der Waals surface area contributed by atoms with Gasteiger partial charge in [-0.15, -0.1) is 0 Å². The number of carbonyl (C=O) groups is 1. The number of amides is 1. The molecule has 0 fully saturated rings. The fourth-order valence-electron chi connectivity index (χ4n) is 2.01. The molecule has 26 heavy (non-hydrogen) atoms. The highest BCUT2D eigenvalue weighted by Gasteiger charge is 2.17. The van der Waals surface area contributed by atoms with Crippen LogP contribution in [0.25, 0.3) is 0 Å². The average Bonchev–Trinajstić information content (AvgIpc) is 2.62. The van der Waals surface area contributed by atoms with Crippen molar-refractivity contribution in [1.82, 2.24) is 5.43 Å². The van der Waals surface area contributed by atoms with Crippen LogP contribution in [0.4, 0.5) is 13.2 Å². The molecule has 2 rings (SSSR count). The highest BCUT2D eigenvalue weighted by atomic mass is 19.3. The summed E-state index contributed by atoms with van der Waals surface area (Å²) in [5.41, 5.74) is 2.89. The van der Waals surface area contributed by atoms with Crippen molar-refractivity contribution >= 4 is 12.1 Å². The van der Waals surface area contributed by atoms with Crippen LogP contribution in [0.1, 0.15) is 15.9 Å². The van der Waals surface area contributed by atoms with Gasteiger partial charge in [-0.1, -0.05) is 0 Å². The van der Waals surface area contributed by atoms with E-state index in [4.69, 9.17) is 9.47 Å². The molecular weight excluding hydrogens is 353 g/mol. The van der Waals surface area contributed by atoms with E-state index >= 15 is 0 Å². The Bertz CT molecular complexity index is 770. The van der Waals surface area contributed by atoms with Crippen LogP contribution in [0.15, 0.2) is 41.5 Å². The zero-order valence-electron chi connectivity index (χ0n) is 13.8. The molecular formula is C17H15F3N2O4. The van der Waals surface area contributed by atoms with Gasteiger partial charge in [0.2, 0.25) is 5.75 Å². The van der Waals surface area contributed by atoms with Crippen LogP contribution in [-0.2, 0) is 0 Å². The normalized spacial score (nSPS) is 10.8. The number of methoxy groups -OCH3 is 2. The van der Waals surface area contributed by atoms with Gasteiger partial charge in [-0.25, -0.2) is 9.82 Å². The minimum Gasteiger partial charge on any atom is -0.493 e. The van der Waals surface area contributed by atoms with Gasteiger partial charge in [-0.05, 0) is 36.4 Å². The second-order valence-corrected chi connectivity index (χ2v) is 4.84. The number of nitrogens with zero attached hydrogens (tertiary/aromatic N) is 1.